The second-order valence-electron chi connectivity index (χ2n) is 5.59. The lowest BCUT2D eigenvalue weighted by atomic mass is 9.86. The lowest BCUT2D eigenvalue weighted by Gasteiger charge is -2.31. The van der Waals surface area contributed by atoms with Crippen LogP contribution in [0.15, 0.2) is 0 Å². The van der Waals surface area contributed by atoms with E-state index in [2.05, 4.69) is 4.72 Å². The molecule has 0 bridgehead atoms. The van der Waals surface area contributed by atoms with Crippen LogP contribution in [0, 0.1) is 11.3 Å². The van der Waals surface area contributed by atoms with Crippen LogP contribution in [0.1, 0.15) is 34.1 Å². The van der Waals surface area contributed by atoms with Crippen molar-refractivity contribution in [1.29, 1.82) is 0 Å². The Morgan fingerprint density at radius 1 is 1.35 bits per heavy atom. The van der Waals surface area contributed by atoms with Gasteiger partial charge in [-0.05, 0) is 17.8 Å². The summed E-state index contributed by atoms with van der Waals surface area (Å²) >= 11 is 5.61. The maximum absolute atomic E-state index is 11.9. The van der Waals surface area contributed by atoms with E-state index in [9.17, 15) is 8.42 Å². The van der Waals surface area contributed by atoms with Crippen LogP contribution < -0.4 is 4.72 Å². The molecule has 0 saturated heterocycles. The van der Waals surface area contributed by atoms with Gasteiger partial charge in [-0.3, -0.25) is 0 Å². The zero-order valence-electron chi connectivity index (χ0n) is 11.0. The fourth-order valence-corrected chi connectivity index (χ4v) is 3.59. The van der Waals surface area contributed by atoms with Gasteiger partial charge in [0.15, 0.2) is 0 Å². The number of aliphatic hydroxyl groups excluding tert-OH is 1. The molecule has 2 atom stereocenters. The summed E-state index contributed by atoms with van der Waals surface area (Å²) in [4.78, 5) is 0. The summed E-state index contributed by atoms with van der Waals surface area (Å²) in [6.45, 7) is 7.60. The molecule has 0 saturated carbocycles. The number of hydrogen-bond acceptors (Lipinski definition) is 3. The van der Waals surface area contributed by atoms with E-state index in [0.717, 1.165) is 0 Å². The third-order valence-corrected chi connectivity index (χ3v) is 4.73. The maximum atomic E-state index is 11.9. The number of hydrogen-bond donors (Lipinski definition) is 2. The van der Waals surface area contributed by atoms with Crippen LogP contribution >= 0.6 is 11.6 Å². The first-order valence-corrected chi connectivity index (χ1v) is 7.98. The Morgan fingerprint density at radius 3 is 2.24 bits per heavy atom. The van der Waals surface area contributed by atoms with Crippen molar-refractivity contribution in [2.45, 2.75) is 40.2 Å². The normalized spacial score (nSPS) is 16.8. The second-order valence-corrected chi connectivity index (χ2v) is 7.70. The average molecular weight is 286 g/mol. The van der Waals surface area contributed by atoms with Crippen molar-refractivity contribution in [3.8, 4) is 0 Å². The molecule has 2 unspecified atom stereocenters. The number of alkyl halides is 1. The van der Waals surface area contributed by atoms with E-state index in [0.29, 0.717) is 12.3 Å². The van der Waals surface area contributed by atoms with E-state index >= 15 is 0 Å². The zero-order valence-corrected chi connectivity index (χ0v) is 12.6. The highest BCUT2D eigenvalue weighted by Gasteiger charge is 2.28. The molecule has 0 aromatic heterocycles. The fourth-order valence-electron chi connectivity index (χ4n) is 1.48. The van der Waals surface area contributed by atoms with Crippen molar-refractivity contribution in [2.75, 3.05) is 18.2 Å². The van der Waals surface area contributed by atoms with E-state index in [1.54, 1.807) is 6.92 Å². The predicted molar refractivity (Wildman–Crippen MR) is 71.8 cm³/mol. The Morgan fingerprint density at radius 2 is 1.88 bits per heavy atom. The van der Waals surface area contributed by atoms with E-state index < -0.39 is 10.0 Å². The number of sulfonamides is 1. The van der Waals surface area contributed by atoms with Gasteiger partial charge >= 0.3 is 0 Å². The highest BCUT2D eigenvalue weighted by atomic mass is 35.5. The van der Waals surface area contributed by atoms with Crippen molar-refractivity contribution in [3.05, 3.63) is 0 Å². The fraction of sp³-hybridized carbons (Fsp3) is 1.00. The predicted octanol–water partition coefficient (Wildman–Crippen LogP) is 1.58. The summed E-state index contributed by atoms with van der Waals surface area (Å²) in [6, 6.07) is -0.264. The van der Waals surface area contributed by atoms with Gasteiger partial charge in [0.05, 0.1) is 5.75 Å². The van der Waals surface area contributed by atoms with Gasteiger partial charge in [-0.2, -0.15) is 0 Å². The minimum absolute atomic E-state index is 0.0223. The van der Waals surface area contributed by atoms with Gasteiger partial charge in [0.2, 0.25) is 10.0 Å². The average Bonchev–Trinajstić information content (AvgIpc) is 2.14. The van der Waals surface area contributed by atoms with Crippen LogP contribution in [0.3, 0.4) is 0 Å². The number of halogens is 1. The molecule has 104 valence electrons. The monoisotopic (exact) mass is 285 g/mol. The first-order valence-electron chi connectivity index (χ1n) is 5.79. The third kappa shape index (κ3) is 7.24. The van der Waals surface area contributed by atoms with E-state index in [-0.39, 0.29) is 29.7 Å². The number of rotatable bonds is 7. The SMILES string of the molecule is CC(CCl)CS(=O)(=O)NC(CCO)C(C)(C)C. The van der Waals surface area contributed by atoms with E-state index in [1.807, 2.05) is 20.8 Å². The van der Waals surface area contributed by atoms with Crippen molar-refractivity contribution in [3.63, 3.8) is 0 Å². The van der Waals surface area contributed by atoms with Gasteiger partial charge in [0.1, 0.15) is 0 Å². The van der Waals surface area contributed by atoms with E-state index in [4.69, 9.17) is 16.7 Å². The molecule has 0 aliphatic heterocycles. The zero-order chi connectivity index (χ0) is 13.7. The summed E-state index contributed by atoms with van der Waals surface area (Å²) < 4.78 is 26.4. The van der Waals surface area contributed by atoms with Gasteiger partial charge in [0.25, 0.3) is 0 Å². The molecular formula is C11H24ClNO3S. The third-order valence-electron chi connectivity index (χ3n) is 2.55. The molecule has 2 N–H and O–H groups in total. The Balaban J connectivity index is 4.65. The maximum Gasteiger partial charge on any atom is 0.212 e. The van der Waals surface area contributed by atoms with Crippen molar-refractivity contribution >= 4 is 21.6 Å². The van der Waals surface area contributed by atoms with Crippen molar-refractivity contribution in [2.24, 2.45) is 11.3 Å². The van der Waals surface area contributed by atoms with Gasteiger partial charge in [0, 0.05) is 18.5 Å². The summed E-state index contributed by atoms with van der Waals surface area (Å²) in [5.41, 5.74) is -0.222. The smallest absolute Gasteiger partial charge is 0.212 e. The van der Waals surface area contributed by atoms with E-state index in [1.165, 1.54) is 0 Å². The molecule has 0 aromatic carbocycles. The largest absolute Gasteiger partial charge is 0.396 e. The molecule has 0 spiro atoms. The first kappa shape index (κ1) is 17.2. The van der Waals surface area contributed by atoms with Gasteiger partial charge in [-0.25, -0.2) is 13.1 Å². The van der Waals surface area contributed by atoms with Crippen LogP contribution in [0.2, 0.25) is 0 Å². The molecule has 0 rings (SSSR count). The topological polar surface area (TPSA) is 66.4 Å². The Bertz CT molecular complexity index is 311. The second kappa shape index (κ2) is 6.92. The van der Waals surface area contributed by atoms with Crippen molar-refractivity contribution in [1.82, 2.24) is 4.72 Å². The molecule has 0 radical (unpaired) electrons. The lowest BCUT2D eigenvalue weighted by Crippen LogP contribution is -2.45. The Hall–Kier alpha value is 0.160. The standard InChI is InChI=1S/C11H24ClNO3S/c1-9(7-12)8-17(15,16)13-10(5-6-14)11(2,3)4/h9-10,13-14H,5-8H2,1-4H3. The summed E-state index contributed by atoms with van der Waals surface area (Å²) in [5, 5.41) is 8.97. The van der Waals surface area contributed by atoms with Gasteiger partial charge in [-0.15, -0.1) is 11.6 Å². The molecule has 0 aliphatic rings. The van der Waals surface area contributed by atoms with Crippen LogP contribution in [-0.2, 0) is 10.0 Å². The minimum Gasteiger partial charge on any atom is -0.396 e. The summed E-state index contributed by atoms with van der Waals surface area (Å²) in [6.07, 6.45) is 0.415. The molecule has 6 heteroatoms. The molecular weight excluding hydrogens is 262 g/mol. The number of aliphatic hydroxyl groups is 1. The minimum atomic E-state index is -3.34. The first-order chi connectivity index (χ1) is 7.62. The molecule has 0 aromatic rings. The Kier molecular flexibility index (Phi) is 6.99. The van der Waals surface area contributed by atoms with Crippen LogP contribution in [-0.4, -0.2) is 37.8 Å². The molecule has 0 heterocycles. The molecule has 4 nitrogen and oxygen atoms in total. The van der Waals surface area contributed by atoms with Gasteiger partial charge < -0.3 is 5.11 Å². The van der Waals surface area contributed by atoms with Crippen LogP contribution in [0.4, 0.5) is 0 Å². The van der Waals surface area contributed by atoms with Gasteiger partial charge in [-0.1, -0.05) is 27.7 Å². The van der Waals surface area contributed by atoms with Crippen LogP contribution in [0.5, 0.6) is 0 Å². The quantitative estimate of drug-likeness (QED) is 0.698. The molecule has 0 fully saturated rings. The summed E-state index contributed by atoms with van der Waals surface area (Å²) in [7, 11) is -3.34. The summed E-state index contributed by atoms with van der Waals surface area (Å²) in [5.74, 6) is 0.263. The Labute approximate surface area is 110 Å². The van der Waals surface area contributed by atoms with Crippen molar-refractivity contribution < 1.29 is 13.5 Å². The number of nitrogens with one attached hydrogen (secondary N) is 1. The molecule has 17 heavy (non-hydrogen) atoms. The lowest BCUT2D eigenvalue weighted by molar-refractivity contribution is 0.214. The van der Waals surface area contributed by atoms with Crippen LogP contribution in [0.25, 0.3) is 0 Å². The highest BCUT2D eigenvalue weighted by molar-refractivity contribution is 7.89. The highest BCUT2D eigenvalue weighted by Crippen LogP contribution is 2.22. The molecule has 0 amide bonds. The molecule has 0 aliphatic carbocycles.